The normalized spacial score (nSPS) is 14.2. The van der Waals surface area contributed by atoms with Gasteiger partial charge in [0.15, 0.2) is 12.2 Å². The zero-order valence-electron chi connectivity index (χ0n) is 68.5. The van der Waals surface area contributed by atoms with Crippen LogP contribution < -0.4 is 0 Å². The molecule has 3 N–H and O–H groups in total. The summed E-state index contributed by atoms with van der Waals surface area (Å²) < 4.78 is 68.9. The summed E-state index contributed by atoms with van der Waals surface area (Å²) in [5.74, 6) is 0.250. The van der Waals surface area contributed by atoms with Crippen molar-refractivity contribution in [3.05, 3.63) is 0 Å². The molecule has 0 aliphatic rings. The lowest BCUT2D eigenvalue weighted by atomic mass is 9.99. The molecular formula is C85H166O17P2. The molecule has 3 unspecified atom stereocenters. The Balaban J connectivity index is 5.26. The number of aliphatic hydroxyl groups excluding tert-OH is 1. The van der Waals surface area contributed by atoms with Crippen molar-refractivity contribution in [2.45, 2.75) is 465 Å². The van der Waals surface area contributed by atoms with E-state index in [2.05, 4.69) is 48.5 Å². The molecule has 0 spiro atoms. The molecule has 0 fully saturated rings. The summed E-state index contributed by atoms with van der Waals surface area (Å²) >= 11 is 0. The maximum absolute atomic E-state index is 13.1. The average Bonchev–Trinajstić information content (AvgIpc) is 0.910. The zero-order valence-corrected chi connectivity index (χ0v) is 70.3. The molecule has 0 heterocycles. The Labute approximate surface area is 638 Å². The van der Waals surface area contributed by atoms with Gasteiger partial charge in [-0.25, -0.2) is 9.13 Å². The third-order valence-corrected chi connectivity index (χ3v) is 22.1. The molecule has 618 valence electrons. The topological polar surface area (TPSA) is 237 Å². The van der Waals surface area contributed by atoms with Crippen molar-refractivity contribution < 1.29 is 80.2 Å². The second-order valence-corrected chi connectivity index (χ2v) is 34.7. The van der Waals surface area contributed by atoms with E-state index >= 15 is 0 Å². The first-order valence-corrected chi connectivity index (χ1v) is 46.9. The van der Waals surface area contributed by atoms with Gasteiger partial charge < -0.3 is 33.8 Å². The van der Waals surface area contributed by atoms with E-state index in [1.54, 1.807) is 0 Å². The number of rotatable bonds is 83. The summed E-state index contributed by atoms with van der Waals surface area (Å²) in [5, 5.41) is 10.7. The van der Waals surface area contributed by atoms with Crippen molar-refractivity contribution in [2.75, 3.05) is 39.6 Å². The van der Waals surface area contributed by atoms with Gasteiger partial charge in [0.2, 0.25) is 0 Å². The Kier molecular flexibility index (Phi) is 73.7. The van der Waals surface area contributed by atoms with Gasteiger partial charge in [-0.1, -0.05) is 395 Å². The van der Waals surface area contributed by atoms with E-state index in [-0.39, 0.29) is 25.7 Å². The number of aliphatic hydroxyl groups is 1. The van der Waals surface area contributed by atoms with Crippen molar-refractivity contribution in [1.82, 2.24) is 0 Å². The first-order chi connectivity index (χ1) is 50.3. The van der Waals surface area contributed by atoms with E-state index in [1.165, 1.54) is 257 Å². The van der Waals surface area contributed by atoms with E-state index < -0.39 is 97.5 Å². The SMILES string of the molecule is CCCCCCCCCCCCCCCCCCCCCC(=O)OC[C@H](COP(=O)(O)OC[C@@H](O)COP(=O)(O)OC[C@@H](COC(=O)CCCCCCCCCCCC(C)C)OC(=O)CCCCCCCCCCCCC(C)CC)OC(=O)CCCCCCCCCCCCCCCCCCC(C)C. The van der Waals surface area contributed by atoms with E-state index in [1.807, 2.05) is 0 Å². The summed E-state index contributed by atoms with van der Waals surface area (Å²) in [4.78, 5) is 73.2. The predicted molar refractivity (Wildman–Crippen MR) is 428 cm³/mol. The first-order valence-electron chi connectivity index (χ1n) is 43.9. The highest BCUT2D eigenvalue weighted by Crippen LogP contribution is 2.45. The van der Waals surface area contributed by atoms with Crippen LogP contribution in [-0.2, 0) is 65.4 Å². The lowest BCUT2D eigenvalue weighted by molar-refractivity contribution is -0.161. The van der Waals surface area contributed by atoms with E-state index in [9.17, 15) is 43.2 Å². The van der Waals surface area contributed by atoms with Crippen LogP contribution in [0.5, 0.6) is 0 Å². The van der Waals surface area contributed by atoms with Crippen LogP contribution in [0.25, 0.3) is 0 Å². The fraction of sp³-hybridized carbons (Fsp3) is 0.953. The Hall–Kier alpha value is -1.94. The molecule has 0 rings (SSSR count). The predicted octanol–water partition coefficient (Wildman–Crippen LogP) is 25.7. The molecule has 17 nitrogen and oxygen atoms in total. The molecule has 0 aromatic rings. The van der Waals surface area contributed by atoms with Gasteiger partial charge in [0.1, 0.15) is 19.3 Å². The van der Waals surface area contributed by atoms with Crippen LogP contribution in [0.15, 0.2) is 0 Å². The fourth-order valence-electron chi connectivity index (χ4n) is 13.2. The molecule has 0 radical (unpaired) electrons. The summed E-state index contributed by atoms with van der Waals surface area (Å²) in [7, 11) is -9.93. The van der Waals surface area contributed by atoms with Gasteiger partial charge in [0.25, 0.3) is 0 Å². The second kappa shape index (κ2) is 75.1. The highest BCUT2D eigenvalue weighted by molar-refractivity contribution is 7.47. The Bertz CT molecular complexity index is 2010. The van der Waals surface area contributed by atoms with Crippen LogP contribution in [0.2, 0.25) is 0 Å². The maximum Gasteiger partial charge on any atom is 0.472 e. The van der Waals surface area contributed by atoms with E-state index in [0.29, 0.717) is 25.7 Å². The molecule has 0 saturated heterocycles. The van der Waals surface area contributed by atoms with Gasteiger partial charge in [-0.05, 0) is 43.4 Å². The van der Waals surface area contributed by atoms with Gasteiger partial charge in [0, 0.05) is 25.7 Å². The van der Waals surface area contributed by atoms with Crippen molar-refractivity contribution in [1.29, 1.82) is 0 Å². The van der Waals surface area contributed by atoms with E-state index in [4.69, 9.17) is 37.0 Å². The van der Waals surface area contributed by atoms with Crippen LogP contribution in [0.4, 0.5) is 0 Å². The van der Waals surface area contributed by atoms with Crippen molar-refractivity contribution in [3.8, 4) is 0 Å². The van der Waals surface area contributed by atoms with Crippen LogP contribution >= 0.6 is 15.6 Å². The number of carbonyl (C=O) groups excluding carboxylic acids is 4. The summed E-state index contributed by atoms with van der Waals surface area (Å²) in [6, 6.07) is 0. The second-order valence-electron chi connectivity index (χ2n) is 31.8. The molecule has 0 amide bonds. The summed E-state index contributed by atoms with van der Waals surface area (Å²) in [5.41, 5.74) is 0. The van der Waals surface area contributed by atoms with Gasteiger partial charge in [-0.2, -0.15) is 0 Å². The molecule has 6 atom stereocenters. The van der Waals surface area contributed by atoms with Crippen LogP contribution in [0.3, 0.4) is 0 Å². The standard InChI is InChI=1S/C85H166O17P2/c1-8-10-11-12-13-14-15-16-17-18-19-20-24-27-30-38-45-52-59-66-82(87)95-72-80(101-84(89)68-61-54-47-39-31-28-25-22-21-23-26-29-35-42-49-56-63-76(3)4)74-99-103(91,92)97-70-79(86)71-98-104(93,94)100-75-81(73-96-83(88)67-60-53-46-41-34-36-43-50-57-64-77(5)6)102-85(90)69-62-55-48-40-33-32-37-44-51-58-65-78(7)9-2/h76-81,86H,8-75H2,1-7H3,(H,91,92)(H,93,94)/t78?,79-,80-,81-/m1/s1. The third kappa shape index (κ3) is 76.8. The van der Waals surface area contributed by atoms with Crippen LogP contribution in [0, 0.1) is 17.8 Å². The van der Waals surface area contributed by atoms with Crippen molar-refractivity contribution in [3.63, 3.8) is 0 Å². The highest BCUT2D eigenvalue weighted by atomic mass is 31.2. The Morgan fingerprint density at radius 2 is 0.490 bits per heavy atom. The van der Waals surface area contributed by atoms with E-state index in [0.717, 1.165) is 108 Å². The minimum atomic E-state index is -4.97. The van der Waals surface area contributed by atoms with Gasteiger partial charge in [-0.3, -0.25) is 37.3 Å². The maximum atomic E-state index is 13.1. The number of carbonyl (C=O) groups is 4. The Morgan fingerprint density at radius 3 is 0.731 bits per heavy atom. The molecule has 19 heteroatoms. The number of hydrogen-bond acceptors (Lipinski definition) is 15. The molecule has 0 aliphatic heterocycles. The number of unbranched alkanes of at least 4 members (excludes halogenated alkanes) is 50. The number of esters is 4. The largest absolute Gasteiger partial charge is 0.472 e. The fourth-order valence-corrected chi connectivity index (χ4v) is 14.7. The molecule has 0 aliphatic carbocycles. The molecular weight excluding hydrogens is 1350 g/mol. The molecule has 0 bridgehead atoms. The monoisotopic (exact) mass is 1520 g/mol. The molecule has 0 aromatic heterocycles. The van der Waals surface area contributed by atoms with Gasteiger partial charge in [-0.15, -0.1) is 0 Å². The quantitative estimate of drug-likeness (QED) is 0.0222. The molecule has 0 saturated carbocycles. The van der Waals surface area contributed by atoms with Crippen LogP contribution in [-0.4, -0.2) is 96.7 Å². The highest BCUT2D eigenvalue weighted by Gasteiger charge is 2.30. The van der Waals surface area contributed by atoms with Gasteiger partial charge >= 0.3 is 39.5 Å². The van der Waals surface area contributed by atoms with Crippen LogP contribution in [0.1, 0.15) is 447 Å². The number of hydrogen-bond donors (Lipinski definition) is 3. The lowest BCUT2D eigenvalue weighted by Crippen LogP contribution is -2.30. The zero-order chi connectivity index (χ0) is 76.5. The minimum Gasteiger partial charge on any atom is -0.462 e. The number of phosphoric acid groups is 2. The smallest absolute Gasteiger partial charge is 0.462 e. The minimum absolute atomic E-state index is 0.106. The third-order valence-electron chi connectivity index (χ3n) is 20.2. The Morgan fingerprint density at radius 1 is 0.279 bits per heavy atom. The molecule has 104 heavy (non-hydrogen) atoms. The summed E-state index contributed by atoms with van der Waals surface area (Å²) in [6.07, 6.45) is 65.2. The van der Waals surface area contributed by atoms with Crippen molar-refractivity contribution in [2.24, 2.45) is 17.8 Å². The number of ether oxygens (including phenoxy) is 4. The lowest BCUT2D eigenvalue weighted by Gasteiger charge is -2.21. The first kappa shape index (κ1) is 102. The van der Waals surface area contributed by atoms with Crippen molar-refractivity contribution >= 4 is 39.5 Å². The number of phosphoric ester groups is 2. The molecule has 0 aromatic carbocycles. The van der Waals surface area contributed by atoms with Gasteiger partial charge in [0.05, 0.1) is 26.4 Å². The summed E-state index contributed by atoms with van der Waals surface area (Å²) in [6.45, 7) is 12.0. The average molecular weight is 1520 g/mol.